The number of rotatable bonds is 2. The van der Waals surface area contributed by atoms with Crippen molar-refractivity contribution in [1.29, 1.82) is 0 Å². The van der Waals surface area contributed by atoms with Crippen LogP contribution < -0.4 is 5.73 Å². The van der Waals surface area contributed by atoms with Gasteiger partial charge in [0.05, 0.1) is 25.0 Å². The first-order valence-electron chi connectivity index (χ1n) is 4.38. The number of nitrogens with zero attached hydrogens (tertiary/aromatic N) is 2. The molecule has 1 aromatic carbocycles. The van der Waals surface area contributed by atoms with E-state index in [9.17, 15) is 0 Å². The van der Waals surface area contributed by atoms with E-state index in [1.165, 1.54) is 0 Å². The summed E-state index contributed by atoms with van der Waals surface area (Å²) in [6.45, 7) is -0.0516. The van der Waals surface area contributed by atoms with Crippen molar-refractivity contribution in [1.82, 2.24) is 10.2 Å². The highest BCUT2D eigenvalue weighted by Gasteiger charge is 2.04. The third kappa shape index (κ3) is 1.57. The van der Waals surface area contributed by atoms with Crippen molar-refractivity contribution < 1.29 is 5.11 Å². The van der Waals surface area contributed by atoms with Gasteiger partial charge in [0.15, 0.2) is 0 Å². The molecule has 2 aromatic rings. The maximum absolute atomic E-state index is 8.91. The van der Waals surface area contributed by atoms with Gasteiger partial charge in [-0.05, 0) is 11.6 Å². The molecule has 3 N–H and O–H groups in total. The van der Waals surface area contributed by atoms with E-state index in [4.69, 9.17) is 10.8 Å². The van der Waals surface area contributed by atoms with E-state index in [2.05, 4.69) is 10.2 Å². The Labute approximate surface area is 81.4 Å². The van der Waals surface area contributed by atoms with Gasteiger partial charge in [-0.3, -0.25) is 0 Å². The van der Waals surface area contributed by atoms with Gasteiger partial charge in [0.25, 0.3) is 0 Å². The second-order valence-corrected chi connectivity index (χ2v) is 3.17. The highest BCUT2D eigenvalue weighted by Crippen LogP contribution is 2.17. The molecule has 0 aliphatic rings. The summed E-state index contributed by atoms with van der Waals surface area (Å²) in [6, 6.07) is 5.41. The predicted octanol–water partition coefficient (Wildman–Crippen LogP) is 0.622. The Kier molecular flexibility index (Phi) is 2.39. The van der Waals surface area contributed by atoms with Crippen LogP contribution in [0.1, 0.15) is 11.6 Å². The Bertz CT molecular complexity index is 444. The van der Waals surface area contributed by atoms with Crippen molar-refractivity contribution >= 4 is 10.8 Å². The SMILES string of the molecule is NC(CO)c1ccc2cnncc2c1. The van der Waals surface area contributed by atoms with Crippen LogP contribution in [-0.2, 0) is 0 Å². The van der Waals surface area contributed by atoms with Gasteiger partial charge in [-0.25, -0.2) is 0 Å². The van der Waals surface area contributed by atoms with Gasteiger partial charge in [0.1, 0.15) is 0 Å². The van der Waals surface area contributed by atoms with E-state index in [1.807, 2.05) is 18.2 Å². The summed E-state index contributed by atoms with van der Waals surface area (Å²) >= 11 is 0. The molecule has 0 fully saturated rings. The molecule has 14 heavy (non-hydrogen) atoms. The van der Waals surface area contributed by atoms with Crippen molar-refractivity contribution in [2.45, 2.75) is 6.04 Å². The van der Waals surface area contributed by atoms with Crippen LogP contribution in [0, 0.1) is 0 Å². The summed E-state index contributed by atoms with van der Waals surface area (Å²) < 4.78 is 0. The van der Waals surface area contributed by atoms with Crippen LogP contribution in [0.5, 0.6) is 0 Å². The molecule has 0 radical (unpaired) electrons. The quantitative estimate of drug-likeness (QED) is 0.726. The third-order valence-corrected chi connectivity index (χ3v) is 2.20. The van der Waals surface area contributed by atoms with Crippen LogP contribution in [0.2, 0.25) is 0 Å². The molecule has 0 aliphatic heterocycles. The fourth-order valence-corrected chi connectivity index (χ4v) is 1.35. The van der Waals surface area contributed by atoms with Gasteiger partial charge in [0, 0.05) is 10.8 Å². The minimum absolute atomic E-state index is 0.0516. The molecule has 0 saturated heterocycles. The smallest absolute Gasteiger partial charge is 0.0624 e. The van der Waals surface area contributed by atoms with E-state index in [-0.39, 0.29) is 12.6 Å². The Morgan fingerprint density at radius 2 is 1.93 bits per heavy atom. The normalized spacial score (nSPS) is 13.0. The molecule has 0 saturated carbocycles. The van der Waals surface area contributed by atoms with Crippen LogP contribution in [-0.4, -0.2) is 21.9 Å². The molecular weight excluding hydrogens is 178 g/mol. The maximum atomic E-state index is 8.91. The first-order chi connectivity index (χ1) is 6.81. The van der Waals surface area contributed by atoms with Crippen LogP contribution in [0.25, 0.3) is 10.8 Å². The number of fused-ring (bicyclic) bond motifs is 1. The minimum atomic E-state index is -0.326. The molecule has 1 unspecified atom stereocenters. The number of benzene rings is 1. The van der Waals surface area contributed by atoms with Crippen molar-refractivity contribution in [2.24, 2.45) is 5.73 Å². The topological polar surface area (TPSA) is 72.0 Å². The van der Waals surface area contributed by atoms with Crippen LogP contribution in [0.4, 0.5) is 0 Å². The lowest BCUT2D eigenvalue weighted by Gasteiger charge is -2.08. The Morgan fingerprint density at radius 3 is 2.64 bits per heavy atom. The van der Waals surface area contributed by atoms with E-state index >= 15 is 0 Å². The lowest BCUT2D eigenvalue weighted by atomic mass is 10.1. The third-order valence-electron chi connectivity index (χ3n) is 2.20. The molecule has 1 atom stereocenters. The van der Waals surface area contributed by atoms with Crippen molar-refractivity contribution in [2.75, 3.05) is 6.61 Å². The Hall–Kier alpha value is -1.52. The summed E-state index contributed by atoms with van der Waals surface area (Å²) in [4.78, 5) is 0. The highest BCUT2D eigenvalue weighted by atomic mass is 16.3. The van der Waals surface area contributed by atoms with Gasteiger partial charge in [-0.2, -0.15) is 10.2 Å². The highest BCUT2D eigenvalue weighted by molar-refractivity contribution is 5.81. The molecule has 4 heteroatoms. The van der Waals surface area contributed by atoms with Gasteiger partial charge < -0.3 is 10.8 Å². The lowest BCUT2D eigenvalue weighted by Crippen LogP contribution is -2.14. The van der Waals surface area contributed by atoms with Crippen molar-refractivity contribution in [3.05, 3.63) is 36.2 Å². The number of aromatic nitrogens is 2. The summed E-state index contributed by atoms with van der Waals surface area (Å²) in [6.07, 6.45) is 3.38. The molecule has 0 bridgehead atoms. The van der Waals surface area contributed by atoms with E-state index < -0.39 is 0 Å². The average molecular weight is 189 g/mol. The summed E-state index contributed by atoms with van der Waals surface area (Å²) in [5.74, 6) is 0. The first-order valence-corrected chi connectivity index (χ1v) is 4.38. The van der Waals surface area contributed by atoms with Crippen molar-refractivity contribution in [3.63, 3.8) is 0 Å². The fourth-order valence-electron chi connectivity index (χ4n) is 1.35. The van der Waals surface area contributed by atoms with E-state index in [0.717, 1.165) is 16.3 Å². The maximum Gasteiger partial charge on any atom is 0.0624 e. The second-order valence-electron chi connectivity index (χ2n) is 3.17. The van der Waals surface area contributed by atoms with Crippen LogP contribution in [0.15, 0.2) is 30.6 Å². The van der Waals surface area contributed by atoms with Gasteiger partial charge in [0.2, 0.25) is 0 Å². The molecule has 2 rings (SSSR count). The Balaban J connectivity index is 2.51. The molecule has 0 amide bonds. The van der Waals surface area contributed by atoms with Gasteiger partial charge in [-0.1, -0.05) is 12.1 Å². The zero-order valence-corrected chi connectivity index (χ0v) is 7.59. The first kappa shape index (κ1) is 9.05. The zero-order valence-electron chi connectivity index (χ0n) is 7.59. The van der Waals surface area contributed by atoms with E-state index in [1.54, 1.807) is 12.4 Å². The largest absolute Gasteiger partial charge is 0.394 e. The molecule has 4 nitrogen and oxygen atoms in total. The van der Waals surface area contributed by atoms with Crippen LogP contribution in [0.3, 0.4) is 0 Å². The standard InChI is InChI=1S/C10H11N3O/c11-10(6-14)7-1-2-8-4-12-13-5-9(8)3-7/h1-5,10,14H,6,11H2. The monoisotopic (exact) mass is 189 g/mol. The molecule has 0 aliphatic carbocycles. The van der Waals surface area contributed by atoms with Gasteiger partial charge >= 0.3 is 0 Å². The zero-order chi connectivity index (χ0) is 9.97. The minimum Gasteiger partial charge on any atom is -0.394 e. The number of hydrogen-bond acceptors (Lipinski definition) is 4. The lowest BCUT2D eigenvalue weighted by molar-refractivity contribution is 0.268. The second kappa shape index (κ2) is 3.69. The fraction of sp³-hybridized carbons (Fsp3) is 0.200. The molecular formula is C10H11N3O. The molecule has 0 spiro atoms. The average Bonchev–Trinajstić information content (AvgIpc) is 2.27. The summed E-state index contributed by atoms with van der Waals surface area (Å²) in [5.41, 5.74) is 6.61. The number of aliphatic hydroxyl groups excluding tert-OH is 1. The molecule has 72 valence electrons. The van der Waals surface area contributed by atoms with Crippen molar-refractivity contribution in [3.8, 4) is 0 Å². The Morgan fingerprint density at radius 1 is 1.21 bits per heavy atom. The molecule has 1 heterocycles. The van der Waals surface area contributed by atoms with Gasteiger partial charge in [-0.15, -0.1) is 0 Å². The number of nitrogens with two attached hydrogens (primary N) is 1. The summed E-state index contributed by atoms with van der Waals surface area (Å²) in [5, 5.41) is 18.5. The number of aliphatic hydroxyl groups is 1. The summed E-state index contributed by atoms with van der Waals surface area (Å²) in [7, 11) is 0. The van der Waals surface area contributed by atoms with Crippen LogP contribution >= 0.6 is 0 Å². The predicted molar refractivity (Wildman–Crippen MR) is 53.6 cm³/mol. The van der Waals surface area contributed by atoms with E-state index in [0.29, 0.717) is 0 Å². The number of hydrogen-bond donors (Lipinski definition) is 2. The molecule has 1 aromatic heterocycles.